The first-order valence-corrected chi connectivity index (χ1v) is 8.12. The van der Waals surface area contributed by atoms with Crippen molar-refractivity contribution >= 4 is 5.91 Å². The van der Waals surface area contributed by atoms with Gasteiger partial charge in [-0.05, 0) is 37.2 Å². The highest BCUT2D eigenvalue weighted by molar-refractivity contribution is 5.76. The molecule has 0 radical (unpaired) electrons. The van der Waals surface area contributed by atoms with Crippen LogP contribution in [0.1, 0.15) is 31.2 Å². The summed E-state index contributed by atoms with van der Waals surface area (Å²) in [7, 11) is 0. The lowest BCUT2D eigenvalue weighted by Crippen LogP contribution is -2.39. The van der Waals surface area contributed by atoms with E-state index in [1.165, 1.54) is 5.56 Å². The van der Waals surface area contributed by atoms with Gasteiger partial charge in [-0.3, -0.25) is 4.79 Å². The van der Waals surface area contributed by atoms with Gasteiger partial charge in [0.25, 0.3) is 0 Å². The standard InChI is InChI=1S/C19H25NO2/c1-2-15-22-16-18-11-13-20(14-12-18)19(21)10-6-9-17-7-4-3-5-8-17/h1,3-5,7-8,18H,6,9-16H2. The van der Waals surface area contributed by atoms with Crippen LogP contribution in [0.4, 0.5) is 0 Å². The molecule has 1 saturated heterocycles. The van der Waals surface area contributed by atoms with Gasteiger partial charge in [0.05, 0.1) is 6.61 Å². The van der Waals surface area contributed by atoms with E-state index in [2.05, 4.69) is 18.1 Å². The molecule has 0 aromatic heterocycles. The van der Waals surface area contributed by atoms with Crippen LogP contribution in [-0.4, -0.2) is 37.1 Å². The van der Waals surface area contributed by atoms with E-state index in [1.54, 1.807) is 0 Å². The number of carbonyl (C=O) groups is 1. The number of hydrogen-bond donors (Lipinski definition) is 0. The van der Waals surface area contributed by atoms with Crippen molar-refractivity contribution in [2.75, 3.05) is 26.3 Å². The van der Waals surface area contributed by atoms with Crippen LogP contribution >= 0.6 is 0 Å². The predicted octanol–water partition coefficient (Wildman–Crippen LogP) is 2.90. The zero-order chi connectivity index (χ0) is 15.6. The van der Waals surface area contributed by atoms with Crippen molar-refractivity contribution in [2.45, 2.75) is 32.1 Å². The predicted molar refractivity (Wildman–Crippen MR) is 88.3 cm³/mol. The summed E-state index contributed by atoms with van der Waals surface area (Å²) >= 11 is 0. The van der Waals surface area contributed by atoms with Gasteiger partial charge in [0.2, 0.25) is 5.91 Å². The van der Waals surface area contributed by atoms with Crippen molar-refractivity contribution in [2.24, 2.45) is 5.92 Å². The highest BCUT2D eigenvalue weighted by atomic mass is 16.5. The Hall–Kier alpha value is -1.79. The second-order valence-electron chi connectivity index (χ2n) is 5.88. The highest BCUT2D eigenvalue weighted by Crippen LogP contribution is 2.18. The molecule has 1 aliphatic rings. The fourth-order valence-electron chi connectivity index (χ4n) is 2.88. The number of benzene rings is 1. The number of aryl methyl sites for hydroxylation is 1. The van der Waals surface area contributed by atoms with Gasteiger partial charge in [-0.15, -0.1) is 6.42 Å². The zero-order valence-electron chi connectivity index (χ0n) is 13.2. The number of hydrogen-bond acceptors (Lipinski definition) is 2. The summed E-state index contributed by atoms with van der Waals surface area (Å²) in [4.78, 5) is 14.2. The molecule has 0 spiro atoms. The summed E-state index contributed by atoms with van der Waals surface area (Å²) in [5.41, 5.74) is 1.31. The summed E-state index contributed by atoms with van der Waals surface area (Å²) in [6.07, 6.45) is 9.76. The van der Waals surface area contributed by atoms with Gasteiger partial charge in [-0.25, -0.2) is 0 Å². The first kappa shape index (κ1) is 16.6. The third-order valence-corrected chi connectivity index (χ3v) is 4.21. The monoisotopic (exact) mass is 299 g/mol. The summed E-state index contributed by atoms with van der Waals surface area (Å²) < 4.78 is 5.39. The second kappa shape index (κ2) is 9.27. The number of amides is 1. The molecule has 0 bridgehead atoms. The number of likely N-dealkylation sites (tertiary alicyclic amines) is 1. The lowest BCUT2D eigenvalue weighted by atomic mass is 9.97. The summed E-state index contributed by atoms with van der Waals surface area (Å²) in [6.45, 7) is 2.82. The van der Waals surface area contributed by atoms with E-state index in [-0.39, 0.29) is 0 Å². The maximum atomic E-state index is 12.2. The van der Waals surface area contributed by atoms with Gasteiger partial charge in [0, 0.05) is 19.5 Å². The SMILES string of the molecule is C#CCOCC1CCN(C(=O)CCCc2ccccc2)CC1. The van der Waals surface area contributed by atoms with Gasteiger partial charge in [0.1, 0.15) is 6.61 Å². The molecule has 118 valence electrons. The molecule has 0 aliphatic carbocycles. The largest absolute Gasteiger partial charge is 0.369 e. The molecule has 1 aromatic carbocycles. The molecule has 2 rings (SSSR count). The Labute approximate surface area is 133 Å². The van der Waals surface area contributed by atoms with E-state index in [9.17, 15) is 4.79 Å². The van der Waals surface area contributed by atoms with E-state index in [4.69, 9.17) is 11.2 Å². The number of ether oxygens (including phenoxy) is 1. The minimum Gasteiger partial charge on any atom is -0.369 e. The third kappa shape index (κ3) is 5.54. The van der Waals surface area contributed by atoms with Crippen molar-refractivity contribution in [3.05, 3.63) is 35.9 Å². The summed E-state index contributed by atoms with van der Waals surface area (Å²) in [5, 5.41) is 0. The van der Waals surface area contributed by atoms with Crippen molar-refractivity contribution in [3.8, 4) is 12.3 Å². The second-order valence-corrected chi connectivity index (χ2v) is 5.88. The highest BCUT2D eigenvalue weighted by Gasteiger charge is 2.22. The van der Waals surface area contributed by atoms with Crippen LogP contribution in [-0.2, 0) is 16.0 Å². The molecule has 3 nitrogen and oxygen atoms in total. The average Bonchev–Trinajstić information content (AvgIpc) is 2.56. The van der Waals surface area contributed by atoms with Crippen molar-refractivity contribution in [1.82, 2.24) is 4.90 Å². The Kier molecular flexibility index (Phi) is 6.99. The Morgan fingerprint density at radius 2 is 2.00 bits per heavy atom. The van der Waals surface area contributed by atoms with Gasteiger partial charge in [0.15, 0.2) is 0 Å². The van der Waals surface area contributed by atoms with Crippen molar-refractivity contribution < 1.29 is 9.53 Å². The fraction of sp³-hybridized carbons (Fsp3) is 0.526. The molecule has 1 aliphatic heterocycles. The Bertz CT molecular complexity index is 484. The number of nitrogens with zero attached hydrogens (tertiary/aromatic N) is 1. The van der Waals surface area contributed by atoms with Gasteiger partial charge < -0.3 is 9.64 Å². The van der Waals surface area contributed by atoms with Crippen LogP contribution in [0.5, 0.6) is 0 Å². The average molecular weight is 299 g/mol. The summed E-state index contributed by atoms with van der Waals surface area (Å²) in [5.74, 6) is 3.32. The minimum absolute atomic E-state index is 0.291. The molecular weight excluding hydrogens is 274 g/mol. The van der Waals surface area contributed by atoms with Crippen LogP contribution in [0.3, 0.4) is 0 Å². The van der Waals surface area contributed by atoms with Crippen LogP contribution in [0.2, 0.25) is 0 Å². The van der Waals surface area contributed by atoms with E-state index < -0.39 is 0 Å². The molecule has 1 fully saturated rings. The molecule has 0 saturated carbocycles. The van der Waals surface area contributed by atoms with E-state index >= 15 is 0 Å². The third-order valence-electron chi connectivity index (χ3n) is 4.21. The summed E-state index contributed by atoms with van der Waals surface area (Å²) in [6, 6.07) is 10.3. The van der Waals surface area contributed by atoms with E-state index in [0.29, 0.717) is 24.9 Å². The molecule has 1 heterocycles. The number of carbonyl (C=O) groups excluding carboxylic acids is 1. The molecule has 1 amide bonds. The van der Waals surface area contributed by atoms with Gasteiger partial charge in [-0.2, -0.15) is 0 Å². The molecule has 0 atom stereocenters. The minimum atomic E-state index is 0.291. The Morgan fingerprint density at radius 3 is 2.68 bits per heavy atom. The maximum Gasteiger partial charge on any atom is 0.222 e. The first-order chi connectivity index (χ1) is 10.8. The normalized spacial score (nSPS) is 15.5. The molecule has 22 heavy (non-hydrogen) atoms. The van der Waals surface area contributed by atoms with Crippen LogP contribution < -0.4 is 0 Å². The molecule has 1 aromatic rings. The number of piperidine rings is 1. The number of terminal acetylenes is 1. The first-order valence-electron chi connectivity index (χ1n) is 8.12. The van der Waals surface area contributed by atoms with Crippen LogP contribution in [0, 0.1) is 18.3 Å². The van der Waals surface area contributed by atoms with Crippen LogP contribution in [0.15, 0.2) is 30.3 Å². The molecule has 0 unspecified atom stereocenters. The Morgan fingerprint density at radius 1 is 1.27 bits per heavy atom. The molecule has 3 heteroatoms. The van der Waals surface area contributed by atoms with E-state index in [1.807, 2.05) is 23.1 Å². The Balaban J connectivity index is 1.62. The van der Waals surface area contributed by atoms with Crippen LogP contribution in [0.25, 0.3) is 0 Å². The smallest absolute Gasteiger partial charge is 0.222 e. The zero-order valence-corrected chi connectivity index (χ0v) is 13.2. The van der Waals surface area contributed by atoms with E-state index in [0.717, 1.165) is 45.4 Å². The maximum absolute atomic E-state index is 12.2. The molecule has 0 N–H and O–H groups in total. The van der Waals surface area contributed by atoms with Gasteiger partial charge in [-0.1, -0.05) is 36.3 Å². The van der Waals surface area contributed by atoms with Crippen molar-refractivity contribution in [1.29, 1.82) is 0 Å². The topological polar surface area (TPSA) is 29.5 Å². The van der Waals surface area contributed by atoms with Crippen molar-refractivity contribution in [3.63, 3.8) is 0 Å². The van der Waals surface area contributed by atoms with Gasteiger partial charge >= 0.3 is 0 Å². The fourth-order valence-corrected chi connectivity index (χ4v) is 2.88. The lowest BCUT2D eigenvalue weighted by molar-refractivity contribution is -0.132. The quantitative estimate of drug-likeness (QED) is 0.572. The lowest BCUT2D eigenvalue weighted by Gasteiger charge is -2.31. The molecular formula is C19H25NO2. The number of rotatable bonds is 7.